The summed E-state index contributed by atoms with van der Waals surface area (Å²) in [5, 5.41) is 0. The van der Waals surface area contributed by atoms with Crippen molar-refractivity contribution in [2.24, 2.45) is 17.6 Å². The first-order valence-electron chi connectivity index (χ1n) is 9.10. The summed E-state index contributed by atoms with van der Waals surface area (Å²) in [6, 6.07) is 0.236. The molecular weight excluding hydrogens is 246 g/mol. The van der Waals surface area contributed by atoms with E-state index >= 15 is 0 Å². The molecule has 1 fully saturated rings. The summed E-state index contributed by atoms with van der Waals surface area (Å²) >= 11 is 0. The van der Waals surface area contributed by atoms with Crippen molar-refractivity contribution in [3.05, 3.63) is 0 Å². The van der Waals surface area contributed by atoms with Crippen LogP contribution in [0, 0.1) is 11.8 Å². The Morgan fingerprint density at radius 2 is 1.80 bits per heavy atom. The average Bonchev–Trinajstić information content (AvgIpc) is 2.49. The van der Waals surface area contributed by atoms with Gasteiger partial charge in [-0.25, -0.2) is 0 Å². The van der Waals surface area contributed by atoms with E-state index in [-0.39, 0.29) is 6.04 Å². The molecule has 3 unspecified atom stereocenters. The Morgan fingerprint density at radius 1 is 1.10 bits per heavy atom. The van der Waals surface area contributed by atoms with E-state index in [1.54, 1.807) is 0 Å². The van der Waals surface area contributed by atoms with Crippen molar-refractivity contribution >= 4 is 0 Å². The largest absolute Gasteiger partial charge is 0.377 e. The van der Waals surface area contributed by atoms with Crippen LogP contribution in [0.1, 0.15) is 85.0 Å². The maximum Gasteiger partial charge on any atom is 0.0753 e. The second kappa shape index (κ2) is 10.6. The normalized spacial score (nSPS) is 21.6. The predicted octanol–water partition coefficient (Wildman–Crippen LogP) is 4.91. The Hall–Kier alpha value is -0.0800. The lowest BCUT2D eigenvalue weighted by atomic mass is 9.80. The van der Waals surface area contributed by atoms with Crippen molar-refractivity contribution in [1.82, 2.24) is 0 Å². The summed E-state index contributed by atoms with van der Waals surface area (Å²) < 4.78 is 6.07. The first-order chi connectivity index (χ1) is 9.72. The zero-order valence-electron chi connectivity index (χ0n) is 14.1. The minimum absolute atomic E-state index is 0.236. The molecule has 0 aromatic carbocycles. The van der Waals surface area contributed by atoms with Crippen LogP contribution < -0.4 is 5.73 Å². The van der Waals surface area contributed by atoms with E-state index in [4.69, 9.17) is 10.5 Å². The van der Waals surface area contributed by atoms with Crippen molar-refractivity contribution in [3.63, 3.8) is 0 Å². The van der Waals surface area contributed by atoms with Crippen LogP contribution in [0.4, 0.5) is 0 Å². The molecule has 0 bridgehead atoms. The summed E-state index contributed by atoms with van der Waals surface area (Å²) in [6.45, 7) is 7.50. The highest BCUT2D eigenvalue weighted by molar-refractivity contribution is 4.84. The molecule has 2 N–H and O–H groups in total. The molecule has 2 nitrogen and oxygen atoms in total. The number of rotatable bonds is 10. The number of hydrogen-bond donors (Lipinski definition) is 1. The fourth-order valence-corrected chi connectivity index (χ4v) is 3.76. The summed E-state index contributed by atoms with van der Waals surface area (Å²) in [7, 11) is 0. The SMILES string of the molecule is CCCCC(CC)CC(N)C(OCC)C1CCCCC1. The van der Waals surface area contributed by atoms with Crippen LogP contribution in [0.5, 0.6) is 0 Å². The lowest BCUT2D eigenvalue weighted by Gasteiger charge is -2.35. The Labute approximate surface area is 126 Å². The molecule has 0 aromatic heterocycles. The third-order valence-electron chi connectivity index (χ3n) is 5.04. The van der Waals surface area contributed by atoms with Crippen LogP contribution in [0.2, 0.25) is 0 Å². The fourth-order valence-electron chi connectivity index (χ4n) is 3.76. The smallest absolute Gasteiger partial charge is 0.0753 e. The van der Waals surface area contributed by atoms with Gasteiger partial charge in [-0.2, -0.15) is 0 Å². The van der Waals surface area contributed by atoms with Crippen LogP contribution in [-0.4, -0.2) is 18.8 Å². The highest BCUT2D eigenvalue weighted by atomic mass is 16.5. The van der Waals surface area contributed by atoms with Crippen LogP contribution in [-0.2, 0) is 4.74 Å². The molecule has 0 spiro atoms. The molecule has 1 aliphatic rings. The average molecular weight is 284 g/mol. The summed E-state index contributed by atoms with van der Waals surface area (Å²) in [5.41, 5.74) is 6.56. The highest BCUT2D eigenvalue weighted by Crippen LogP contribution is 2.31. The van der Waals surface area contributed by atoms with Gasteiger partial charge in [-0.05, 0) is 38.0 Å². The maximum atomic E-state index is 6.56. The van der Waals surface area contributed by atoms with Gasteiger partial charge < -0.3 is 10.5 Å². The van der Waals surface area contributed by atoms with Gasteiger partial charge in [0.1, 0.15) is 0 Å². The van der Waals surface area contributed by atoms with Gasteiger partial charge in [0.25, 0.3) is 0 Å². The van der Waals surface area contributed by atoms with E-state index < -0.39 is 0 Å². The van der Waals surface area contributed by atoms with Crippen molar-refractivity contribution in [1.29, 1.82) is 0 Å². The van der Waals surface area contributed by atoms with Gasteiger partial charge in [0.15, 0.2) is 0 Å². The van der Waals surface area contributed by atoms with E-state index in [0.717, 1.165) is 18.9 Å². The lowest BCUT2D eigenvalue weighted by Crippen LogP contribution is -2.44. The summed E-state index contributed by atoms with van der Waals surface area (Å²) in [4.78, 5) is 0. The van der Waals surface area contributed by atoms with E-state index in [0.29, 0.717) is 12.0 Å². The molecule has 0 amide bonds. The van der Waals surface area contributed by atoms with Gasteiger partial charge in [-0.1, -0.05) is 58.8 Å². The summed E-state index contributed by atoms with van der Waals surface area (Å²) in [5.74, 6) is 1.50. The zero-order chi connectivity index (χ0) is 14.8. The lowest BCUT2D eigenvalue weighted by molar-refractivity contribution is -0.0143. The van der Waals surface area contributed by atoms with E-state index in [1.807, 2.05) is 0 Å². The molecule has 0 saturated heterocycles. The molecule has 120 valence electrons. The molecule has 1 aliphatic carbocycles. The first-order valence-corrected chi connectivity index (χ1v) is 9.10. The van der Waals surface area contributed by atoms with E-state index in [9.17, 15) is 0 Å². The van der Waals surface area contributed by atoms with Gasteiger partial charge in [-0.3, -0.25) is 0 Å². The molecule has 0 radical (unpaired) electrons. The standard InChI is InChI=1S/C18H37NO/c1-4-7-11-15(5-2)14-17(19)18(20-6-3)16-12-9-8-10-13-16/h15-18H,4-14,19H2,1-3H3. The minimum atomic E-state index is 0.236. The van der Waals surface area contributed by atoms with Gasteiger partial charge in [0.2, 0.25) is 0 Å². The molecule has 0 aromatic rings. The van der Waals surface area contributed by atoms with Crippen molar-refractivity contribution in [2.75, 3.05) is 6.61 Å². The topological polar surface area (TPSA) is 35.2 Å². The van der Waals surface area contributed by atoms with Gasteiger partial charge in [0, 0.05) is 12.6 Å². The van der Waals surface area contributed by atoms with E-state index in [2.05, 4.69) is 20.8 Å². The number of nitrogens with two attached hydrogens (primary N) is 1. The minimum Gasteiger partial charge on any atom is -0.377 e. The van der Waals surface area contributed by atoms with Crippen LogP contribution in [0.15, 0.2) is 0 Å². The number of unbranched alkanes of at least 4 members (excludes halogenated alkanes) is 1. The molecule has 20 heavy (non-hydrogen) atoms. The third kappa shape index (κ3) is 6.13. The molecule has 0 heterocycles. The maximum absolute atomic E-state index is 6.56. The second-order valence-corrected chi connectivity index (χ2v) is 6.63. The third-order valence-corrected chi connectivity index (χ3v) is 5.04. The first kappa shape index (κ1) is 18.0. The van der Waals surface area contributed by atoms with Crippen LogP contribution >= 0.6 is 0 Å². The Bertz CT molecular complexity index is 225. The number of ether oxygens (including phenoxy) is 1. The van der Waals surface area contributed by atoms with Gasteiger partial charge >= 0.3 is 0 Å². The molecule has 3 atom stereocenters. The zero-order valence-corrected chi connectivity index (χ0v) is 14.1. The fraction of sp³-hybridized carbons (Fsp3) is 1.00. The monoisotopic (exact) mass is 283 g/mol. The van der Waals surface area contributed by atoms with E-state index in [1.165, 1.54) is 57.8 Å². The summed E-state index contributed by atoms with van der Waals surface area (Å²) in [6.07, 6.45) is 13.5. The second-order valence-electron chi connectivity index (χ2n) is 6.63. The molecular formula is C18H37NO. The van der Waals surface area contributed by atoms with Crippen molar-refractivity contribution in [2.45, 2.75) is 97.1 Å². The van der Waals surface area contributed by atoms with Gasteiger partial charge in [-0.15, -0.1) is 0 Å². The molecule has 1 rings (SSSR count). The quantitative estimate of drug-likeness (QED) is 0.618. The molecule has 2 heteroatoms. The Kier molecular flexibility index (Phi) is 9.54. The predicted molar refractivity (Wildman–Crippen MR) is 87.9 cm³/mol. The van der Waals surface area contributed by atoms with Crippen LogP contribution in [0.25, 0.3) is 0 Å². The van der Waals surface area contributed by atoms with Crippen molar-refractivity contribution in [3.8, 4) is 0 Å². The highest BCUT2D eigenvalue weighted by Gasteiger charge is 2.30. The Morgan fingerprint density at radius 3 is 2.35 bits per heavy atom. The van der Waals surface area contributed by atoms with Crippen molar-refractivity contribution < 1.29 is 4.74 Å². The number of hydrogen-bond acceptors (Lipinski definition) is 2. The molecule has 1 saturated carbocycles. The van der Waals surface area contributed by atoms with Crippen LogP contribution in [0.3, 0.4) is 0 Å². The Balaban J connectivity index is 2.50. The molecule has 0 aliphatic heterocycles. The van der Waals surface area contributed by atoms with Gasteiger partial charge in [0.05, 0.1) is 6.10 Å².